The average molecular weight is 528 g/mol. The molecule has 0 unspecified atom stereocenters. The Morgan fingerprint density at radius 3 is 1.91 bits per heavy atom. The van der Waals surface area contributed by atoms with Crippen molar-refractivity contribution in [1.82, 2.24) is 15.6 Å². The van der Waals surface area contributed by atoms with Crippen LogP contribution in [0.1, 0.15) is 20.7 Å². The van der Waals surface area contributed by atoms with Crippen molar-refractivity contribution in [3.63, 3.8) is 0 Å². The van der Waals surface area contributed by atoms with Gasteiger partial charge in [0.1, 0.15) is 11.6 Å². The summed E-state index contributed by atoms with van der Waals surface area (Å²) in [4.78, 5) is 28.8. The van der Waals surface area contributed by atoms with Crippen molar-refractivity contribution in [2.24, 2.45) is 0 Å². The van der Waals surface area contributed by atoms with Gasteiger partial charge in [-0.05, 0) is 79.0 Å². The fourth-order valence-electron chi connectivity index (χ4n) is 2.96. The summed E-state index contributed by atoms with van der Waals surface area (Å²) >= 11 is 11.6. The number of benzene rings is 3. The average Bonchev–Trinajstić information content (AvgIpc) is 3.20. The number of amides is 2. The van der Waals surface area contributed by atoms with Gasteiger partial charge in [0.15, 0.2) is 15.4 Å². The van der Waals surface area contributed by atoms with Gasteiger partial charge in [-0.3, -0.25) is 20.2 Å². The number of carbonyl (C=O) groups is 2. The number of hydrogen-bond acceptors (Lipinski definition) is 6. The topological polar surface area (TPSA) is 95.2 Å². The van der Waals surface area contributed by atoms with Crippen LogP contribution >= 0.6 is 35.8 Å². The zero-order chi connectivity index (χ0) is 24.9. The lowest BCUT2D eigenvalue weighted by Crippen LogP contribution is -2.34. The second-order valence-electron chi connectivity index (χ2n) is 7.04. The summed E-state index contributed by atoms with van der Waals surface area (Å²) in [6.45, 7) is 0. The fraction of sp³-hybridized carbons (Fsp3) is 0. The van der Waals surface area contributed by atoms with E-state index in [9.17, 15) is 18.4 Å². The van der Waals surface area contributed by atoms with Gasteiger partial charge in [-0.15, -0.1) is 0 Å². The molecule has 0 fully saturated rings. The first-order valence-corrected chi connectivity index (χ1v) is 11.6. The molecule has 4 aromatic rings. The number of nitrogens with zero attached hydrogens (tertiary/aromatic N) is 1. The zero-order valence-corrected chi connectivity index (χ0v) is 20.0. The Morgan fingerprint density at radius 2 is 1.34 bits per heavy atom. The van der Waals surface area contributed by atoms with E-state index in [0.29, 0.717) is 16.3 Å². The largest absolute Gasteiger partial charge is 0.332 e. The van der Waals surface area contributed by atoms with Crippen LogP contribution in [0.4, 0.5) is 19.6 Å². The minimum absolute atomic E-state index is 0.0119. The van der Waals surface area contributed by atoms with Crippen LogP contribution in [-0.4, -0.2) is 27.0 Å². The molecule has 0 aliphatic heterocycles. The van der Waals surface area contributed by atoms with Gasteiger partial charge in [-0.2, -0.15) is 0 Å². The minimum atomic E-state index is -0.552. The lowest BCUT2D eigenvalue weighted by molar-refractivity contribution is 0.0969. The van der Waals surface area contributed by atoms with Crippen molar-refractivity contribution in [1.29, 1.82) is 0 Å². The highest BCUT2D eigenvalue weighted by Gasteiger charge is 2.12. The number of thiazole rings is 1. The lowest BCUT2D eigenvalue weighted by atomic mass is 10.2. The highest BCUT2D eigenvalue weighted by Crippen LogP contribution is 2.28. The molecule has 35 heavy (non-hydrogen) atoms. The number of anilines is 2. The summed E-state index contributed by atoms with van der Waals surface area (Å²) in [6.07, 6.45) is 0. The summed E-state index contributed by atoms with van der Waals surface area (Å²) in [5, 5.41) is 11.2. The molecule has 4 rings (SSSR count). The van der Waals surface area contributed by atoms with Gasteiger partial charge in [-0.25, -0.2) is 13.8 Å². The van der Waals surface area contributed by atoms with Gasteiger partial charge < -0.3 is 10.6 Å². The molecule has 0 radical (unpaired) electrons. The molecule has 0 aliphatic rings. The van der Waals surface area contributed by atoms with E-state index in [0.717, 1.165) is 16.8 Å². The van der Waals surface area contributed by atoms with Crippen LogP contribution in [0, 0.1) is 11.6 Å². The summed E-state index contributed by atoms with van der Waals surface area (Å²) in [5.41, 5.74) is 1.54. The molecule has 1 aromatic heterocycles. The molecule has 2 amide bonds. The molecule has 0 saturated carbocycles. The molecule has 7 nitrogen and oxygen atoms in total. The van der Waals surface area contributed by atoms with Crippen molar-refractivity contribution in [2.45, 2.75) is 0 Å². The van der Waals surface area contributed by atoms with Crippen molar-refractivity contribution in [3.8, 4) is 0 Å². The van der Waals surface area contributed by atoms with Crippen molar-refractivity contribution in [3.05, 3.63) is 89.5 Å². The SMILES string of the molecule is O=C(NC(=S)Nc1ccc2nc(NC(=S)NC(=O)c3cccc(F)c3)sc2c1)c1cccc(F)c1. The Morgan fingerprint density at radius 1 is 0.771 bits per heavy atom. The first-order chi connectivity index (χ1) is 16.8. The molecular formula is C23H15F2N5O2S3. The third-order valence-electron chi connectivity index (χ3n) is 4.49. The van der Waals surface area contributed by atoms with Gasteiger partial charge in [0.25, 0.3) is 11.8 Å². The van der Waals surface area contributed by atoms with Gasteiger partial charge in [0, 0.05) is 16.8 Å². The fourth-order valence-corrected chi connectivity index (χ4v) is 4.33. The monoisotopic (exact) mass is 527 g/mol. The van der Waals surface area contributed by atoms with Crippen molar-refractivity contribution < 1.29 is 18.4 Å². The highest BCUT2D eigenvalue weighted by atomic mass is 32.1. The van der Waals surface area contributed by atoms with Gasteiger partial charge in [-0.1, -0.05) is 23.5 Å². The predicted octanol–water partition coefficient (Wildman–Crippen LogP) is 4.83. The van der Waals surface area contributed by atoms with Gasteiger partial charge in [0.05, 0.1) is 10.2 Å². The number of halogens is 2. The predicted molar refractivity (Wildman–Crippen MR) is 140 cm³/mol. The maximum absolute atomic E-state index is 13.3. The quantitative estimate of drug-likeness (QED) is 0.283. The first kappa shape index (κ1) is 24.3. The normalized spacial score (nSPS) is 10.5. The number of fused-ring (bicyclic) bond motifs is 1. The number of thiocarbonyl (C=S) groups is 2. The number of nitrogens with one attached hydrogen (secondary N) is 4. The number of carbonyl (C=O) groups excluding carboxylic acids is 2. The van der Waals surface area contributed by atoms with Crippen LogP contribution in [0.5, 0.6) is 0 Å². The highest BCUT2D eigenvalue weighted by molar-refractivity contribution is 7.80. The summed E-state index contributed by atoms with van der Waals surface area (Å²) < 4.78 is 27.4. The standard InChI is InChI=1S/C23H15F2N5O2S3/c24-14-5-1-3-12(9-14)19(31)28-21(33)26-16-7-8-17-18(11-16)35-23(27-17)30-22(34)29-20(32)13-4-2-6-15(25)10-13/h1-11H,(H2,26,28,31,33)(H2,27,29,30,32,34). The van der Waals surface area contributed by atoms with E-state index >= 15 is 0 Å². The van der Waals surface area contributed by atoms with Crippen LogP contribution < -0.4 is 21.3 Å². The van der Waals surface area contributed by atoms with Crippen LogP contribution in [0.3, 0.4) is 0 Å². The molecule has 176 valence electrons. The van der Waals surface area contributed by atoms with Crippen LogP contribution in [0.2, 0.25) is 0 Å². The van der Waals surface area contributed by atoms with E-state index in [2.05, 4.69) is 26.3 Å². The minimum Gasteiger partial charge on any atom is -0.332 e. The molecule has 0 saturated heterocycles. The van der Waals surface area contributed by atoms with E-state index in [1.54, 1.807) is 18.2 Å². The molecule has 3 aromatic carbocycles. The molecule has 0 spiro atoms. The molecule has 0 atom stereocenters. The third-order valence-corrected chi connectivity index (χ3v) is 5.84. The summed E-state index contributed by atoms with van der Waals surface area (Å²) in [5.74, 6) is -2.14. The summed E-state index contributed by atoms with van der Waals surface area (Å²) in [6, 6.07) is 15.7. The molecule has 0 aliphatic carbocycles. The maximum Gasteiger partial charge on any atom is 0.257 e. The van der Waals surface area contributed by atoms with E-state index < -0.39 is 23.4 Å². The number of aromatic nitrogens is 1. The van der Waals surface area contributed by atoms with Crippen LogP contribution in [-0.2, 0) is 0 Å². The Hall–Kier alpha value is -3.87. The van der Waals surface area contributed by atoms with Crippen molar-refractivity contribution >= 4 is 78.8 Å². The van der Waals surface area contributed by atoms with Crippen molar-refractivity contribution in [2.75, 3.05) is 10.6 Å². The van der Waals surface area contributed by atoms with Crippen LogP contribution in [0.15, 0.2) is 66.7 Å². The number of hydrogen-bond donors (Lipinski definition) is 4. The zero-order valence-electron chi connectivity index (χ0n) is 17.6. The Kier molecular flexibility index (Phi) is 7.34. The third kappa shape index (κ3) is 6.38. The van der Waals surface area contributed by atoms with Gasteiger partial charge >= 0.3 is 0 Å². The lowest BCUT2D eigenvalue weighted by Gasteiger charge is -2.09. The Labute approximate surface area is 212 Å². The molecule has 4 N–H and O–H groups in total. The second-order valence-corrected chi connectivity index (χ2v) is 8.89. The van der Waals surface area contributed by atoms with E-state index in [1.165, 1.54) is 47.7 Å². The van der Waals surface area contributed by atoms with Gasteiger partial charge in [0.2, 0.25) is 0 Å². The second kappa shape index (κ2) is 10.6. The van der Waals surface area contributed by atoms with E-state index in [1.807, 2.05) is 0 Å². The number of rotatable bonds is 4. The molecular weight excluding hydrogens is 512 g/mol. The maximum atomic E-state index is 13.3. The molecule has 0 bridgehead atoms. The van der Waals surface area contributed by atoms with E-state index in [4.69, 9.17) is 24.4 Å². The first-order valence-electron chi connectivity index (χ1n) is 9.93. The molecule has 1 heterocycles. The summed E-state index contributed by atoms with van der Waals surface area (Å²) in [7, 11) is 0. The van der Waals surface area contributed by atoms with Crippen LogP contribution in [0.25, 0.3) is 10.2 Å². The Balaban J connectivity index is 1.37. The molecule has 12 heteroatoms. The Bertz CT molecular complexity index is 1400. The smallest absolute Gasteiger partial charge is 0.257 e. The van der Waals surface area contributed by atoms with E-state index in [-0.39, 0.29) is 21.4 Å².